The molecule has 1 aliphatic carbocycles. The highest BCUT2D eigenvalue weighted by atomic mass is 19.4. The van der Waals surface area contributed by atoms with Crippen molar-refractivity contribution in [2.45, 2.75) is 24.6 Å². The van der Waals surface area contributed by atoms with Crippen molar-refractivity contribution >= 4 is 5.91 Å². The van der Waals surface area contributed by atoms with Gasteiger partial charge in [0.25, 0.3) is 0 Å². The highest BCUT2D eigenvalue weighted by Crippen LogP contribution is 2.48. The Balaban J connectivity index is 2.43. The number of likely N-dealkylation sites (N-methyl/N-ethyl adjacent to an activating group) is 1. The molecule has 0 atom stereocenters. The summed E-state index contributed by atoms with van der Waals surface area (Å²) in [5, 5.41) is 2.27. The lowest BCUT2D eigenvalue weighted by atomic mass is 10.2. The Morgan fingerprint density at radius 2 is 1.93 bits per heavy atom. The number of rotatable bonds is 3. The van der Waals surface area contributed by atoms with Crippen LogP contribution in [0.1, 0.15) is 12.8 Å². The third kappa shape index (κ3) is 2.17. The second-order valence-corrected chi connectivity index (χ2v) is 3.72. The maximum Gasteiger partial charge on any atom is 0.406 e. The summed E-state index contributed by atoms with van der Waals surface area (Å²) in [7, 11) is 3.02. The van der Waals surface area contributed by atoms with Crippen LogP contribution in [0.2, 0.25) is 0 Å². The Kier molecular flexibility index (Phi) is 2.76. The number of hydrogen-bond donors (Lipinski definition) is 1. The molecule has 1 fully saturated rings. The van der Waals surface area contributed by atoms with Crippen LogP contribution in [0.25, 0.3) is 0 Å². The lowest BCUT2D eigenvalue weighted by Gasteiger charge is -2.21. The van der Waals surface area contributed by atoms with Crippen molar-refractivity contribution in [3.8, 4) is 0 Å². The van der Waals surface area contributed by atoms with Gasteiger partial charge < -0.3 is 4.90 Å². The van der Waals surface area contributed by atoms with Crippen molar-refractivity contribution in [2.24, 2.45) is 0 Å². The summed E-state index contributed by atoms with van der Waals surface area (Å²) in [6.07, 6.45) is -4.12. The third-order valence-corrected chi connectivity index (χ3v) is 2.37. The van der Waals surface area contributed by atoms with Crippen LogP contribution >= 0.6 is 0 Å². The second kappa shape index (κ2) is 3.42. The maximum atomic E-state index is 12.4. The molecule has 1 amide bonds. The van der Waals surface area contributed by atoms with E-state index in [0.29, 0.717) is 0 Å². The van der Waals surface area contributed by atoms with Crippen LogP contribution < -0.4 is 5.32 Å². The summed E-state index contributed by atoms with van der Waals surface area (Å²) >= 11 is 0. The van der Waals surface area contributed by atoms with Gasteiger partial charge in [-0.15, -0.1) is 0 Å². The van der Waals surface area contributed by atoms with Crippen molar-refractivity contribution in [3.05, 3.63) is 0 Å². The minimum Gasteiger partial charge on any atom is -0.348 e. The SMILES string of the molecule is CN(C)C(=O)CNC1(C(F)(F)F)CC1. The third-order valence-electron chi connectivity index (χ3n) is 2.37. The van der Waals surface area contributed by atoms with Gasteiger partial charge in [-0.05, 0) is 12.8 Å². The van der Waals surface area contributed by atoms with Gasteiger partial charge in [-0.3, -0.25) is 10.1 Å². The van der Waals surface area contributed by atoms with E-state index in [1.807, 2.05) is 0 Å². The quantitative estimate of drug-likeness (QED) is 0.745. The largest absolute Gasteiger partial charge is 0.406 e. The van der Waals surface area contributed by atoms with Crippen LogP contribution in [0.5, 0.6) is 0 Å². The molecule has 6 heteroatoms. The summed E-state index contributed by atoms with van der Waals surface area (Å²) in [5.41, 5.74) is -1.79. The smallest absolute Gasteiger partial charge is 0.348 e. The first kappa shape index (κ1) is 11.3. The van der Waals surface area contributed by atoms with Gasteiger partial charge in [0.05, 0.1) is 6.54 Å². The van der Waals surface area contributed by atoms with Crippen LogP contribution in [0, 0.1) is 0 Å². The predicted octanol–water partition coefficient (Wildman–Crippen LogP) is 0.759. The Hall–Kier alpha value is -0.780. The van der Waals surface area contributed by atoms with Crippen molar-refractivity contribution in [1.82, 2.24) is 10.2 Å². The maximum absolute atomic E-state index is 12.4. The zero-order chi connectivity index (χ0) is 11.0. The number of halogens is 3. The Morgan fingerprint density at radius 3 is 2.21 bits per heavy atom. The number of amides is 1. The monoisotopic (exact) mass is 210 g/mol. The van der Waals surface area contributed by atoms with E-state index in [1.54, 1.807) is 0 Å². The molecule has 0 saturated heterocycles. The number of alkyl halides is 3. The zero-order valence-electron chi connectivity index (χ0n) is 8.11. The Bertz CT molecular complexity index is 233. The molecule has 0 bridgehead atoms. The molecule has 0 spiro atoms. The molecule has 0 unspecified atom stereocenters. The molecule has 3 nitrogen and oxygen atoms in total. The summed E-state index contributed by atoms with van der Waals surface area (Å²) < 4.78 is 37.1. The fourth-order valence-electron chi connectivity index (χ4n) is 1.09. The summed E-state index contributed by atoms with van der Waals surface area (Å²) in [4.78, 5) is 12.3. The molecule has 0 radical (unpaired) electrons. The number of carbonyl (C=O) groups excluding carboxylic acids is 1. The lowest BCUT2D eigenvalue weighted by Crippen LogP contribution is -2.48. The fourth-order valence-corrected chi connectivity index (χ4v) is 1.09. The molecular formula is C8H13F3N2O. The first-order chi connectivity index (χ1) is 6.28. The average molecular weight is 210 g/mol. The summed E-state index contributed by atoms with van der Waals surface area (Å²) in [6.45, 7) is -0.257. The van der Waals surface area contributed by atoms with Gasteiger partial charge in [0.1, 0.15) is 5.54 Å². The van der Waals surface area contributed by atoms with Gasteiger partial charge in [0.2, 0.25) is 5.91 Å². The zero-order valence-corrected chi connectivity index (χ0v) is 8.11. The first-order valence-corrected chi connectivity index (χ1v) is 4.30. The predicted molar refractivity (Wildman–Crippen MR) is 44.7 cm³/mol. The summed E-state index contributed by atoms with van der Waals surface area (Å²) in [6, 6.07) is 0. The highest BCUT2D eigenvalue weighted by Gasteiger charge is 2.63. The minimum atomic E-state index is -4.25. The van der Waals surface area contributed by atoms with Gasteiger partial charge in [-0.25, -0.2) is 0 Å². The van der Waals surface area contributed by atoms with E-state index in [-0.39, 0.29) is 25.3 Å². The number of nitrogens with one attached hydrogen (secondary N) is 1. The summed E-state index contributed by atoms with van der Waals surface area (Å²) in [5.74, 6) is -0.347. The van der Waals surface area contributed by atoms with Crippen LogP contribution in [0.4, 0.5) is 13.2 Å². The molecule has 1 aliphatic rings. The van der Waals surface area contributed by atoms with Gasteiger partial charge in [-0.1, -0.05) is 0 Å². The molecule has 14 heavy (non-hydrogen) atoms. The van der Waals surface area contributed by atoms with Crippen molar-refractivity contribution in [2.75, 3.05) is 20.6 Å². The molecule has 0 heterocycles. The van der Waals surface area contributed by atoms with Crippen molar-refractivity contribution < 1.29 is 18.0 Å². The standard InChI is InChI=1S/C8H13F3N2O/c1-13(2)6(14)5-12-7(3-4-7)8(9,10)11/h12H,3-5H2,1-2H3. The molecular weight excluding hydrogens is 197 g/mol. The average Bonchev–Trinajstić information content (AvgIpc) is 2.78. The van der Waals surface area contributed by atoms with Gasteiger partial charge in [0.15, 0.2) is 0 Å². The minimum absolute atomic E-state index is 0.0667. The number of nitrogens with zero attached hydrogens (tertiary/aromatic N) is 1. The van der Waals surface area contributed by atoms with Crippen molar-refractivity contribution in [3.63, 3.8) is 0 Å². The van der Waals surface area contributed by atoms with E-state index in [0.717, 1.165) is 0 Å². The number of hydrogen-bond acceptors (Lipinski definition) is 2. The van der Waals surface area contributed by atoms with Gasteiger partial charge in [0, 0.05) is 14.1 Å². The molecule has 1 N–H and O–H groups in total. The molecule has 82 valence electrons. The van der Waals surface area contributed by atoms with Crippen LogP contribution in [-0.4, -0.2) is 43.2 Å². The molecule has 0 aromatic carbocycles. The lowest BCUT2D eigenvalue weighted by molar-refractivity contribution is -0.166. The van der Waals surface area contributed by atoms with E-state index in [2.05, 4.69) is 5.32 Å². The second-order valence-electron chi connectivity index (χ2n) is 3.72. The Morgan fingerprint density at radius 1 is 1.43 bits per heavy atom. The van der Waals surface area contributed by atoms with E-state index in [1.165, 1.54) is 19.0 Å². The Labute approximate surface area is 80.3 Å². The molecule has 0 aromatic rings. The fraction of sp³-hybridized carbons (Fsp3) is 0.875. The topological polar surface area (TPSA) is 32.3 Å². The van der Waals surface area contributed by atoms with E-state index < -0.39 is 11.7 Å². The van der Waals surface area contributed by atoms with E-state index in [9.17, 15) is 18.0 Å². The van der Waals surface area contributed by atoms with Crippen LogP contribution in [-0.2, 0) is 4.79 Å². The normalized spacial score (nSPS) is 19.2. The van der Waals surface area contributed by atoms with Gasteiger partial charge in [-0.2, -0.15) is 13.2 Å². The van der Waals surface area contributed by atoms with E-state index in [4.69, 9.17) is 0 Å². The molecule has 0 aliphatic heterocycles. The molecule has 1 rings (SSSR count). The van der Waals surface area contributed by atoms with Crippen LogP contribution in [0.15, 0.2) is 0 Å². The highest BCUT2D eigenvalue weighted by molar-refractivity contribution is 5.77. The molecule has 1 saturated carbocycles. The molecule has 0 aromatic heterocycles. The van der Waals surface area contributed by atoms with E-state index >= 15 is 0 Å². The van der Waals surface area contributed by atoms with Gasteiger partial charge >= 0.3 is 6.18 Å². The number of carbonyl (C=O) groups is 1. The van der Waals surface area contributed by atoms with Crippen LogP contribution in [0.3, 0.4) is 0 Å². The first-order valence-electron chi connectivity index (χ1n) is 4.30. The van der Waals surface area contributed by atoms with Crippen molar-refractivity contribution in [1.29, 1.82) is 0 Å².